The van der Waals surface area contributed by atoms with Crippen molar-refractivity contribution >= 4 is 5.78 Å². The van der Waals surface area contributed by atoms with E-state index in [9.17, 15) is 4.79 Å². The molecule has 0 aliphatic heterocycles. The zero-order chi connectivity index (χ0) is 9.80. The van der Waals surface area contributed by atoms with Crippen LogP contribution >= 0.6 is 0 Å². The molecule has 2 aromatic heterocycles. The molecule has 0 aromatic carbocycles. The number of carbonyl (C=O) groups excluding carboxylic acids is 1. The lowest BCUT2D eigenvalue weighted by atomic mass is 10.1. The highest BCUT2D eigenvalue weighted by Crippen LogP contribution is 2.03. The first-order valence-electron chi connectivity index (χ1n) is 4.10. The number of nitrogens with zero attached hydrogens (tertiary/aromatic N) is 3. The van der Waals surface area contributed by atoms with Crippen molar-refractivity contribution in [1.82, 2.24) is 15.2 Å². The maximum atomic E-state index is 11.7. The lowest BCUT2D eigenvalue weighted by Crippen LogP contribution is -2.04. The Morgan fingerprint density at radius 3 is 2.64 bits per heavy atom. The quantitative estimate of drug-likeness (QED) is 0.657. The minimum atomic E-state index is -0.161. The van der Waals surface area contributed by atoms with Crippen molar-refractivity contribution < 1.29 is 4.79 Å². The van der Waals surface area contributed by atoms with Crippen molar-refractivity contribution in [3.8, 4) is 0 Å². The summed E-state index contributed by atoms with van der Waals surface area (Å²) in [6, 6.07) is 6.71. The molecule has 0 aliphatic carbocycles. The minimum absolute atomic E-state index is 0.161. The zero-order valence-electron chi connectivity index (χ0n) is 7.29. The summed E-state index contributed by atoms with van der Waals surface area (Å²) >= 11 is 0. The predicted octanol–water partition coefficient (Wildman–Crippen LogP) is 1.10. The topological polar surface area (TPSA) is 55.7 Å². The van der Waals surface area contributed by atoms with Crippen LogP contribution in [-0.2, 0) is 0 Å². The smallest absolute Gasteiger partial charge is 0.214 e. The van der Waals surface area contributed by atoms with E-state index in [1.807, 2.05) is 0 Å². The van der Waals surface area contributed by atoms with Gasteiger partial charge in [-0.1, -0.05) is 0 Å². The van der Waals surface area contributed by atoms with Gasteiger partial charge in [0.05, 0.1) is 0 Å². The van der Waals surface area contributed by atoms with Crippen LogP contribution in [0, 0.1) is 0 Å². The van der Waals surface area contributed by atoms with E-state index in [0.717, 1.165) is 0 Å². The van der Waals surface area contributed by atoms with Gasteiger partial charge in [0, 0.05) is 24.2 Å². The number of hydrogen-bond donors (Lipinski definition) is 0. The van der Waals surface area contributed by atoms with Gasteiger partial charge < -0.3 is 0 Å². The monoisotopic (exact) mass is 185 g/mol. The molecule has 0 unspecified atom stereocenters. The Morgan fingerprint density at radius 2 is 2.00 bits per heavy atom. The summed E-state index contributed by atoms with van der Waals surface area (Å²) in [4.78, 5) is 15.6. The number of pyridine rings is 1. The molecular formula is C10H7N3O. The van der Waals surface area contributed by atoms with Gasteiger partial charge in [-0.25, -0.2) is 0 Å². The van der Waals surface area contributed by atoms with E-state index < -0.39 is 0 Å². The molecule has 0 N–H and O–H groups in total. The Balaban J connectivity index is 2.35. The third-order valence-corrected chi connectivity index (χ3v) is 1.73. The average molecular weight is 185 g/mol. The van der Waals surface area contributed by atoms with Crippen LogP contribution in [-0.4, -0.2) is 21.0 Å². The molecule has 0 saturated heterocycles. The standard InChI is InChI=1S/C10H7N3O/c14-10(8-3-1-5-11-7-8)9-4-2-6-12-13-9/h1-7H. The maximum absolute atomic E-state index is 11.7. The number of hydrogen-bond acceptors (Lipinski definition) is 4. The molecule has 0 atom stereocenters. The van der Waals surface area contributed by atoms with Crippen LogP contribution in [0.5, 0.6) is 0 Å². The molecule has 14 heavy (non-hydrogen) atoms. The van der Waals surface area contributed by atoms with Crippen molar-refractivity contribution in [2.75, 3.05) is 0 Å². The fraction of sp³-hybridized carbons (Fsp3) is 0. The van der Waals surface area contributed by atoms with E-state index in [4.69, 9.17) is 0 Å². The largest absolute Gasteiger partial charge is 0.287 e. The van der Waals surface area contributed by atoms with Gasteiger partial charge >= 0.3 is 0 Å². The van der Waals surface area contributed by atoms with Gasteiger partial charge in [0.15, 0.2) is 0 Å². The highest BCUT2D eigenvalue weighted by molar-refractivity contribution is 6.07. The number of aromatic nitrogens is 3. The van der Waals surface area contributed by atoms with E-state index in [-0.39, 0.29) is 5.78 Å². The summed E-state index contributed by atoms with van der Waals surface area (Å²) < 4.78 is 0. The first kappa shape index (κ1) is 8.50. The van der Waals surface area contributed by atoms with Crippen LogP contribution in [0.15, 0.2) is 42.9 Å². The predicted molar refractivity (Wildman–Crippen MR) is 49.7 cm³/mol. The minimum Gasteiger partial charge on any atom is -0.287 e. The van der Waals surface area contributed by atoms with Crippen LogP contribution in [0.25, 0.3) is 0 Å². The molecule has 2 rings (SSSR count). The lowest BCUT2D eigenvalue weighted by molar-refractivity contribution is 0.103. The van der Waals surface area contributed by atoms with Gasteiger partial charge in [-0.2, -0.15) is 5.10 Å². The first-order chi connectivity index (χ1) is 6.88. The van der Waals surface area contributed by atoms with Gasteiger partial charge in [-0.3, -0.25) is 9.78 Å². The molecule has 0 spiro atoms. The third kappa shape index (κ3) is 1.64. The second-order valence-electron chi connectivity index (χ2n) is 2.68. The van der Waals surface area contributed by atoms with E-state index >= 15 is 0 Å². The van der Waals surface area contributed by atoms with Gasteiger partial charge in [-0.15, -0.1) is 5.10 Å². The fourth-order valence-corrected chi connectivity index (χ4v) is 1.07. The summed E-state index contributed by atoms with van der Waals surface area (Å²) in [5, 5.41) is 7.37. The summed E-state index contributed by atoms with van der Waals surface area (Å²) in [6.07, 6.45) is 4.66. The molecule has 0 bridgehead atoms. The molecule has 0 radical (unpaired) electrons. The molecule has 2 aromatic rings. The summed E-state index contributed by atoms with van der Waals surface area (Å²) in [7, 11) is 0. The normalized spacial score (nSPS) is 9.71. The molecule has 0 amide bonds. The molecule has 2 heterocycles. The number of ketones is 1. The Bertz CT molecular complexity index is 386. The number of carbonyl (C=O) groups is 1. The Hall–Kier alpha value is -2.10. The van der Waals surface area contributed by atoms with Gasteiger partial charge in [0.2, 0.25) is 5.78 Å². The second-order valence-corrected chi connectivity index (χ2v) is 2.68. The second kappa shape index (κ2) is 3.74. The molecule has 0 fully saturated rings. The third-order valence-electron chi connectivity index (χ3n) is 1.73. The Kier molecular flexibility index (Phi) is 2.27. The fourth-order valence-electron chi connectivity index (χ4n) is 1.07. The highest BCUT2D eigenvalue weighted by atomic mass is 16.1. The summed E-state index contributed by atoms with van der Waals surface area (Å²) in [5.74, 6) is -0.161. The molecule has 0 saturated carbocycles. The van der Waals surface area contributed by atoms with Crippen LogP contribution in [0.4, 0.5) is 0 Å². The zero-order valence-corrected chi connectivity index (χ0v) is 7.29. The highest BCUT2D eigenvalue weighted by Gasteiger charge is 2.09. The first-order valence-corrected chi connectivity index (χ1v) is 4.10. The van der Waals surface area contributed by atoms with Crippen molar-refractivity contribution in [1.29, 1.82) is 0 Å². The molecule has 68 valence electrons. The lowest BCUT2D eigenvalue weighted by Gasteiger charge is -1.96. The SMILES string of the molecule is O=C(c1cccnc1)c1cccnn1. The van der Waals surface area contributed by atoms with E-state index in [1.165, 1.54) is 12.4 Å². The van der Waals surface area contributed by atoms with Gasteiger partial charge in [-0.05, 0) is 24.3 Å². The van der Waals surface area contributed by atoms with Crippen LogP contribution in [0.1, 0.15) is 16.1 Å². The van der Waals surface area contributed by atoms with E-state index in [1.54, 1.807) is 30.5 Å². The van der Waals surface area contributed by atoms with Crippen LogP contribution < -0.4 is 0 Å². The van der Waals surface area contributed by atoms with Crippen molar-refractivity contribution in [2.45, 2.75) is 0 Å². The molecular weight excluding hydrogens is 178 g/mol. The molecule has 4 heteroatoms. The molecule has 0 aliphatic rings. The summed E-state index contributed by atoms with van der Waals surface area (Å²) in [6.45, 7) is 0. The van der Waals surface area contributed by atoms with E-state index in [2.05, 4.69) is 15.2 Å². The van der Waals surface area contributed by atoms with Gasteiger partial charge in [0.1, 0.15) is 5.69 Å². The maximum Gasteiger partial charge on any atom is 0.214 e. The van der Waals surface area contributed by atoms with Crippen LogP contribution in [0.3, 0.4) is 0 Å². The van der Waals surface area contributed by atoms with Crippen molar-refractivity contribution in [3.63, 3.8) is 0 Å². The van der Waals surface area contributed by atoms with Gasteiger partial charge in [0.25, 0.3) is 0 Å². The Labute approximate surface area is 80.6 Å². The average Bonchev–Trinajstić information content (AvgIpc) is 2.30. The molecule has 4 nitrogen and oxygen atoms in total. The van der Waals surface area contributed by atoms with E-state index in [0.29, 0.717) is 11.3 Å². The van der Waals surface area contributed by atoms with Crippen molar-refractivity contribution in [2.24, 2.45) is 0 Å². The van der Waals surface area contributed by atoms with Crippen LogP contribution in [0.2, 0.25) is 0 Å². The Morgan fingerprint density at radius 1 is 1.14 bits per heavy atom. The van der Waals surface area contributed by atoms with Crippen molar-refractivity contribution in [3.05, 3.63) is 54.1 Å². The summed E-state index contributed by atoms with van der Waals surface area (Å²) in [5.41, 5.74) is 0.855. The number of rotatable bonds is 2.